The minimum atomic E-state index is -1.12. The molecule has 1 saturated heterocycles. The van der Waals surface area contributed by atoms with Crippen LogP contribution in [-0.2, 0) is 11.3 Å². The van der Waals surface area contributed by atoms with Gasteiger partial charge in [-0.05, 0) is 44.7 Å². The van der Waals surface area contributed by atoms with Gasteiger partial charge >= 0.3 is 0 Å². The molecule has 6 nitrogen and oxygen atoms in total. The van der Waals surface area contributed by atoms with Gasteiger partial charge < -0.3 is 20.1 Å². The number of hydrogen-bond acceptors (Lipinski definition) is 5. The molecule has 26 heavy (non-hydrogen) atoms. The Morgan fingerprint density at radius 3 is 2.81 bits per heavy atom. The number of hydrogen-bond donors (Lipinski definition) is 2. The van der Waals surface area contributed by atoms with Gasteiger partial charge in [-0.2, -0.15) is 4.98 Å². The molecule has 1 aliphatic heterocycles. The summed E-state index contributed by atoms with van der Waals surface area (Å²) in [6.07, 6.45) is 2.56. The van der Waals surface area contributed by atoms with Crippen LogP contribution in [0.1, 0.15) is 44.1 Å². The molecule has 1 amide bonds. The maximum absolute atomic E-state index is 14.4. The zero-order chi connectivity index (χ0) is 18.5. The number of ether oxygens (including phenoxy) is 2. The van der Waals surface area contributed by atoms with E-state index in [1.807, 2.05) is 0 Å². The van der Waals surface area contributed by atoms with Gasteiger partial charge in [-0.3, -0.25) is 4.79 Å². The minimum absolute atomic E-state index is 0.0968. The molecule has 1 aliphatic carbocycles. The van der Waals surface area contributed by atoms with Crippen molar-refractivity contribution in [3.8, 4) is 11.8 Å². The van der Waals surface area contributed by atoms with Crippen molar-refractivity contribution in [1.82, 2.24) is 15.6 Å². The second kappa shape index (κ2) is 8.62. The average molecular weight is 369 g/mol. The van der Waals surface area contributed by atoms with Crippen molar-refractivity contribution in [2.45, 2.75) is 63.4 Å². The molecule has 2 fully saturated rings. The molecule has 1 aromatic heterocycles. The number of carbonyl (C=O) groups is 1. The monoisotopic (exact) mass is 369 g/mol. The highest BCUT2D eigenvalue weighted by Crippen LogP contribution is 2.29. The third kappa shape index (κ3) is 4.41. The van der Waals surface area contributed by atoms with Gasteiger partial charge in [0.05, 0.1) is 13.2 Å². The molecule has 0 aromatic carbocycles. The van der Waals surface area contributed by atoms with E-state index in [0.29, 0.717) is 18.4 Å². The van der Waals surface area contributed by atoms with Crippen molar-refractivity contribution in [2.24, 2.45) is 0 Å². The maximum Gasteiger partial charge on any atom is 0.254 e. The van der Waals surface area contributed by atoms with Gasteiger partial charge in [-0.25, -0.2) is 8.78 Å². The van der Waals surface area contributed by atoms with Gasteiger partial charge in [0.1, 0.15) is 12.3 Å². The van der Waals surface area contributed by atoms with Crippen LogP contribution in [0, 0.1) is 5.82 Å². The van der Waals surface area contributed by atoms with Crippen LogP contribution in [0.15, 0.2) is 6.07 Å². The summed E-state index contributed by atoms with van der Waals surface area (Å²) < 4.78 is 39.0. The number of aromatic nitrogens is 1. The predicted molar refractivity (Wildman–Crippen MR) is 91.4 cm³/mol. The number of nitrogens with zero attached hydrogens (tertiary/aromatic N) is 1. The molecule has 1 saturated carbocycles. The summed E-state index contributed by atoms with van der Waals surface area (Å²) in [7, 11) is 1.41. The van der Waals surface area contributed by atoms with Gasteiger partial charge in [0.15, 0.2) is 5.82 Å². The molecule has 2 heterocycles. The zero-order valence-corrected chi connectivity index (χ0v) is 14.9. The first kappa shape index (κ1) is 18.8. The fraction of sp³-hybridized carbons (Fsp3) is 0.667. The van der Waals surface area contributed by atoms with Crippen LogP contribution < -0.4 is 20.1 Å². The van der Waals surface area contributed by atoms with Crippen molar-refractivity contribution < 1.29 is 23.0 Å². The van der Waals surface area contributed by atoms with Gasteiger partial charge in [-0.1, -0.05) is 6.42 Å². The van der Waals surface area contributed by atoms with Crippen LogP contribution in [-0.4, -0.2) is 42.9 Å². The Labute approximate surface area is 151 Å². The van der Waals surface area contributed by atoms with E-state index in [4.69, 9.17) is 9.47 Å². The van der Waals surface area contributed by atoms with Crippen molar-refractivity contribution in [3.05, 3.63) is 17.4 Å². The van der Waals surface area contributed by atoms with Crippen LogP contribution in [0.4, 0.5) is 8.78 Å². The number of amides is 1. The fourth-order valence-electron chi connectivity index (χ4n) is 3.42. The lowest BCUT2D eigenvalue weighted by Crippen LogP contribution is -2.40. The molecular formula is C18H25F2N3O3. The van der Waals surface area contributed by atoms with E-state index >= 15 is 0 Å². The second-order valence-corrected chi connectivity index (χ2v) is 6.77. The largest absolute Gasteiger partial charge is 0.481 e. The summed E-state index contributed by atoms with van der Waals surface area (Å²) in [5.74, 6) is -0.921. The Morgan fingerprint density at radius 1 is 1.31 bits per heavy atom. The van der Waals surface area contributed by atoms with Gasteiger partial charge in [0.2, 0.25) is 11.8 Å². The summed E-state index contributed by atoms with van der Waals surface area (Å²) in [6.45, 7) is 0.917. The van der Waals surface area contributed by atoms with Crippen LogP contribution in [0.25, 0.3) is 0 Å². The second-order valence-electron chi connectivity index (χ2n) is 6.77. The van der Waals surface area contributed by atoms with E-state index in [2.05, 4.69) is 15.6 Å². The van der Waals surface area contributed by atoms with Crippen molar-refractivity contribution in [1.29, 1.82) is 0 Å². The summed E-state index contributed by atoms with van der Waals surface area (Å²) in [4.78, 5) is 16.1. The molecule has 1 aromatic rings. The van der Waals surface area contributed by atoms with Gasteiger partial charge in [0, 0.05) is 12.1 Å². The third-order valence-corrected chi connectivity index (χ3v) is 4.89. The SMILES string of the molecule is COc1nc(O[C@@H]2CCCC[C@H]2F)c(F)cc1CNC(=O)C1CCCN1. The van der Waals surface area contributed by atoms with Crippen molar-refractivity contribution >= 4 is 5.91 Å². The molecule has 0 bridgehead atoms. The number of nitrogens with one attached hydrogen (secondary N) is 2. The lowest BCUT2D eigenvalue weighted by atomic mass is 9.96. The Balaban J connectivity index is 1.67. The van der Waals surface area contributed by atoms with E-state index in [9.17, 15) is 13.6 Å². The number of rotatable bonds is 6. The third-order valence-electron chi connectivity index (χ3n) is 4.89. The minimum Gasteiger partial charge on any atom is -0.481 e. The number of carbonyl (C=O) groups excluding carboxylic acids is 1. The Hall–Kier alpha value is -1.96. The zero-order valence-electron chi connectivity index (χ0n) is 14.9. The van der Waals surface area contributed by atoms with Crippen molar-refractivity contribution in [2.75, 3.05) is 13.7 Å². The van der Waals surface area contributed by atoms with Crippen LogP contribution >= 0.6 is 0 Å². The smallest absolute Gasteiger partial charge is 0.254 e. The molecule has 2 aliphatic rings. The predicted octanol–water partition coefficient (Wildman–Crippen LogP) is 2.26. The molecule has 0 radical (unpaired) electrons. The number of halogens is 2. The Morgan fingerprint density at radius 2 is 2.12 bits per heavy atom. The van der Waals surface area contributed by atoms with E-state index in [0.717, 1.165) is 32.2 Å². The molecule has 0 spiro atoms. The van der Waals surface area contributed by atoms with Crippen LogP contribution in [0.3, 0.4) is 0 Å². The molecule has 1 unspecified atom stereocenters. The first-order chi connectivity index (χ1) is 12.6. The Kier molecular flexibility index (Phi) is 6.24. The van der Waals surface area contributed by atoms with E-state index < -0.39 is 18.1 Å². The van der Waals surface area contributed by atoms with E-state index in [1.54, 1.807) is 0 Å². The maximum atomic E-state index is 14.4. The molecule has 3 rings (SSSR count). The Bertz CT molecular complexity index is 638. The molecule has 3 atom stereocenters. The van der Waals surface area contributed by atoms with Gasteiger partial charge in [-0.15, -0.1) is 0 Å². The van der Waals surface area contributed by atoms with Crippen LogP contribution in [0.5, 0.6) is 11.8 Å². The fourth-order valence-corrected chi connectivity index (χ4v) is 3.42. The molecule has 8 heteroatoms. The first-order valence-corrected chi connectivity index (χ1v) is 9.13. The topological polar surface area (TPSA) is 72.5 Å². The quantitative estimate of drug-likeness (QED) is 0.805. The number of pyridine rings is 1. The highest BCUT2D eigenvalue weighted by molar-refractivity contribution is 5.82. The molecule has 2 N–H and O–H groups in total. The van der Waals surface area contributed by atoms with Crippen molar-refractivity contribution in [3.63, 3.8) is 0 Å². The summed E-state index contributed by atoms with van der Waals surface area (Å²) in [5, 5.41) is 5.86. The van der Waals surface area contributed by atoms with E-state index in [-0.39, 0.29) is 30.3 Å². The summed E-state index contributed by atoms with van der Waals surface area (Å²) in [6, 6.07) is 1.01. The standard InChI is InChI=1S/C18H25F2N3O3/c1-25-17-11(10-22-16(24)14-6-4-8-21-14)9-13(20)18(23-17)26-15-7-3-2-5-12(15)19/h9,12,14-15,21H,2-8,10H2,1H3,(H,22,24)/t12-,14?,15-/m1/s1. The van der Waals surface area contributed by atoms with E-state index in [1.165, 1.54) is 13.2 Å². The van der Waals surface area contributed by atoms with Gasteiger partial charge in [0.25, 0.3) is 5.88 Å². The highest BCUT2D eigenvalue weighted by Gasteiger charge is 2.28. The highest BCUT2D eigenvalue weighted by atomic mass is 19.1. The number of alkyl halides is 1. The summed E-state index contributed by atoms with van der Waals surface area (Å²) in [5.41, 5.74) is 0.407. The lowest BCUT2D eigenvalue weighted by molar-refractivity contribution is -0.122. The van der Waals surface area contributed by atoms with Crippen LogP contribution in [0.2, 0.25) is 0 Å². The summed E-state index contributed by atoms with van der Waals surface area (Å²) >= 11 is 0. The number of methoxy groups -OCH3 is 1. The first-order valence-electron chi connectivity index (χ1n) is 9.13. The lowest BCUT2D eigenvalue weighted by Gasteiger charge is -2.26. The molecular weight excluding hydrogens is 344 g/mol. The normalized spacial score (nSPS) is 25.7. The molecule has 144 valence electrons. The average Bonchev–Trinajstić information content (AvgIpc) is 3.18.